The molecular formula is C22H29N3O9. The lowest BCUT2D eigenvalue weighted by Gasteiger charge is -2.39. The van der Waals surface area contributed by atoms with Crippen LogP contribution >= 0.6 is 0 Å². The predicted octanol–water partition coefficient (Wildman–Crippen LogP) is -0.633. The van der Waals surface area contributed by atoms with Crippen LogP contribution in [0.5, 0.6) is 0 Å². The Balaban J connectivity index is 1.81. The number of ether oxygens (including phenoxy) is 4. The van der Waals surface area contributed by atoms with E-state index in [9.17, 15) is 24.0 Å². The normalized spacial score (nSPS) is 17.6. The van der Waals surface area contributed by atoms with Crippen LogP contribution in [0.1, 0.15) is 26.7 Å². The van der Waals surface area contributed by atoms with E-state index in [0.29, 0.717) is 40.1 Å². The van der Waals surface area contributed by atoms with Crippen LogP contribution in [0.3, 0.4) is 0 Å². The van der Waals surface area contributed by atoms with E-state index >= 15 is 0 Å². The number of aromatic nitrogens is 3. The van der Waals surface area contributed by atoms with Crippen molar-refractivity contribution in [3.8, 4) is 0 Å². The van der Waals surface area contributed by atoms with Gasteiger partial charge >= 0.3 is 29.0 Å². The second-order valence-corrected chi connectivity index (χ2v) is 8.74. The lowest BCUT2D eigenvalue weighted by atomic mass is 9.84. The molecule has 2 saturated heterocycles. The fourth-order valence-corrected chi connectivity index (χ4v) is 3.50. The van der Waals surface area contributed by atoms with E-state index in [1.165, 1.54) is 0 Å². The first-order chi connectivity index (χ1) is 16.2. The average Bonchev–Trinajstić information content (AvgIpc) is 2.76. The highest BCUT2D eigenvalue weighted by atomic mass is 16.6. The standard InChI is InChI=1S/C22H29N3O9/c1-4-7-23-18(28)24(8-16(26)33-14-21(5-2)10-31-11-21)20(30)25(19(23)29)9-17(27)34-15-22(6-3)12-32-13-22/h7H,1,5-6,8-15H2,2-3H3. The molecule has 0 spiro atoms. The molecule has 3 heterocycles. The molecule has 2 aliphatic rings. The zero-order chi connectivity index (χ0) is 24.9. The van der Waals surface area contributed by atoms with E-state index in [1.54, 1.807) is 0 Å². The van der Waals surface area contributed by atoms with Crippen molar-refractivity contribution in [3.05, 3.63) is 43.8 Å². The quantitative estimate of drug-likeness (QED) is 0.300. The van der Waals surface area contributed by atoms with Gasteiger partial charge in [0, 0.05) is 0 Å². The van der Waals surface area contributed by atoms with Crippen LogP contribution in [0.15, 0.2) is 26.7 Å². The first kappa shape index (κ1) is 25.4. The Kier molecular flexibility index (Phi) is 7.75. The van der Waals surface area contributed by atoms with Crippen LogP contribution < -0.4 is 17.1 Å². The van der Waals surface area contributed by atoms with Crippen molar-refractivity contribution in [1.82, 2.24) is 13.7 Å². The molecule has 0 N–H and O–H groups in total. The third-order valence-electron chi connectivity index (χ3n) is 6.34. The van der Waals surface area contributed by atoms with Crippen molar-refractivity contribution in [2.24, 2.45) is 10.8 Å². The second-order valence-electron chi connectivity index (χ2n) is 8.74. The molecule has 0 atom stereocenters. The van der Waals surface area contributed by atoms with Gasteiger partial charge in [-0.15, -0.1) is 5.73 Å². The molecule has 0 saturated carbocycles. The summed E-state index contributed by atoms with van der Waals surface area (Å²) in [6, 6.07) is 0. The molecule has 0 amide bonds. The molecule has 34 heavy (non-hydrogen) atoms. The summed E-state index contributed by atoms with van der Waals surface area (Å²) in [5.41, 5.74) is -1.58. The number of hydrogen-bond donors (Lipinski definition) is 0. The largest absolute Gasteiger partial charge is 0.464 e. The van der Waals surface area contributed by atoms with Gasteiger partial charge in [-0.3, -0.25) is 9.59 Å². The summed E-state index contributed by atoms with van der Waals surface area (Å²) in [6.07, 6.45) is 2.38. The highest BCUT2D eigenvalue weighted by Crippen LogP contribution is 2.32. The van der Waals surface area contributed by atoms with Crippen LogP contribution in [0.2, 0.25) is 0 Å². The molecule has 0 bridgehead atoms. The van der Waals surface area contributed by atoms with Gasteiger partial charge in [-0.1, -0.05) is 20.4 Å². The van der Waals surface area contributed by atoms with E-state index in [-0.39, 0.29) is 24.0 Å². The fourth-order valence-electron chi connectivity index (χ4n) is 3.50. The minimum Gasteiger partial charge on any atom is -0.464 e. The van der Waals surface area contributed by atoms with Gasteiger partial charge in [0.25, 0.3) is 0 Å². The molecule has 0 aromatic carbocycles. The number of nitrogens with zero attached hydrogens (tertiary/aromatic N) is 3. The summed E-state index contributed by atoms with van der Waals surface area (Å²) in [4.78, 5) is 63.1. The van der Waals surface area contributed by atoms with E-state index in [0.717, 1.165) is 19.0 Å². The molecule has 0 unspecified atom stereocenters. The van der Waals surface area contributed by atoms with Crippen molar-refractivity contribution in [2.75, 3.05) is 39.6 Å². The average molecular weight is 479 g/mol. The molecule has 3 rings (SSSR count). The summed E-state index contributed by atoms with van der Waals surface area (Å²) in [5, 5.41) is 0. The molecule has 0 radical (unpaired) electrons. The van der Waals surface area contributed by atoms with Gasteiger partial charge in [0.05, 0.1) is 43.5 Å². The van der Waals surface area contributed by atoms with E-state index in [4.69, 9.17) is 18.9 Å². The van der Waals surface area contributed by atoms with Gasteiger partial charge in [0.1, 0.15) is 26.3 Å². The van der Waals surface area contributed by atoms with Crippen LogP contribution in [0.25, 0.3) is 6.20 Å². The maximum absolute atomic E-state index is 12.9. The number of rotatable bonds is 11. The Morgan fingerprint density at radius 2 is 1.29 bits per heavy atom. The summed E-state index contributed by atoms with van der Waals surface area (Å²) < 4.78 is 22.5. The first-order valence-electron chi connectivity index (χ1n) is 11.0. The van der Waals surface area contributed by atoms with Gasteiger partial charge in [0.2, 0.25) is 0 Å². The lowest BCUT2D eigenvalue weighted by molar-refractivity contribution is -0.171. The predicted molar refractivity (Wildman–Crippen MR) is 118 cm³/mol. The maximum atomic E-state index is 12.9. The van der Waals surface area contributed by atoms with Crippen molar-refractivity contribution in [1.29, 1.82) is 0 Å². The van der Waals surface area contributed by atoms with Gasteiger partial charge < -0.3 is 18.9 Å². The molecule has 2 fully saturated rings. The highest BCUT2D eigenvalue weighted by Gasteiger charge is 2.39. The SMILES string of the molecule is C=C=Cn1c(=O)n(CC(=O)OCC2(CC)COC2)c(=O)n(CC(=O)OCC2(CC)COC2)c1=O. The molecule has 0 aliphatic carbocycles. The molecular weight excluding hydrogens is 450 g/mol. The smallest absolute Gasteiger partial charge is 0.341 e. The molecule has 1 aromatic heterocycles. The number of carbonyl (C=O) groups excluding carboxylic acids is 2. The summed E-state index contributed by atoms with van der Waals surface area (Å²) in [6.45, 7) is 7.68. The topological polar surface area (TPSA) is 137 Å². The van der Waals surface area contributed by atoms with Gasteiger partial charge in [-0.25, -0.2) is 28.1 Å². The summed E-state index contributed by atoms with van der Waals surface area (Å²) in [5.74, 6) is -1.67. The lowest BCUT2D eigenvalue weighted by Crippen LogP contribution is -2.55. The third-order valence-corrected chi connectivity index (χ3v) is 6.34. The van der Waals surface area contributed by atoms with E-state index < -0.39 is 42.1 Å². The summed E-state index contributed by atoms with van der Waals surface area (Å²) in [7, 11) is 0. The zero-order valence-electron chi connectivity index (χ0n) is 19.4. The maximum Gasteiger partial charge on any atom is 0.341 e. The van der Waals surface area contributed by atoms with Gasteiger partial charge in [0.15, 0.2) is 0 Å². The van der Waals surface area contributed by atoms with Crippen LogP contribution in [0.4, 0.5) is 0 Å². The van der Waals surface area contributed by atoms with E-state index in [1.807, 2.05) is 13.8 Å². The van der Waals surface area contributed by atoms with Crippen molar-refractivity contribution >= 4 is 18.1 Å². The monoisotopic (exact) mass is 479 g/mol. The van der Waals surface area contributed by atoms with Gasteiger partial charge in [-0.05, 0) is 12.8 Å². The van der Waals surface area contributed by atoms with Crippen LogP contribution in [0, 0.1) is 10.8 Å². The van der Waals surface area contributed by atoms with E-state index in [2.05, 4.69) is 12.3 Å². The Labute approximate surface area is 195 Å². The van der Waals surface area contributed by atoms with Crippen LogP contribution in [-0.2, 0) is 41.6 Å². The zero-order valence-corrected chi connectivity index (χ0v) is 19.4. The molecule has 1 aromatic rings. The Morgan fingerprint density at radius 3 is 1.59 bits per heavy atom. The van der Waals surface area contributed by atoms with Crippen LogP contribution in [-0.4, -0.2) is 65.3 Å². The molecule has 2 aliphatic heterocycles. The third kappa shape index (κ3) is 5.14. The molecule has 186 valence electrons. The molecule has 12 nitrogen and oxygen atoms in total. The van der Waals surface area contributed by atoms with Crippen molar-refractivity contribution in [2.45, 2.75) is 39.8 Å². The number of hydrogen-bond acceptors (Lipinski definition) is 9. The minimum atomic E-state index is -1.13. The number of carbonyl (C=O) groups is 2. The second kappa shape index (κ2) is 10.4. The summed E-state index contributed by atoms with van der Waals surface area (Å²) >= 11 is 0. The number of esters is 2. The van der Waals surface area contributed by atoms with Crippen molar-refractivity contribution < 1.29 is 28.5 Å². The van der Waals surface area contributed by atoms with Crippen molar-refractivity contribution in [3.63, 3.8) is 0 Å². The fraction of sp³-hybridized carbons (Fsp3) is 0.636. The Hall–Kier alpha value is -3.21. The first-order valence-corrected chi connectivity index (χ1v) is 11.0. The Bertz CT molecular complexity index is 1070. The minimum absolute atomic E-state index is 0.0761. The van der Waals surface area contributed by atoms with Gasteiger partial charge in [-0.2, -0.15) is 0 Å². The highest BCUT2D eigenvalue weighted by molar-refractivity contribution is 5.69. The molecule has 12 heteroatoms. The Morgan fingerprint density at radius 1 is 0.882 bits per heavy atom.